The normalized spacial score (nSPS) is 11.0. The molecule has 20 heavy (non-hydrogen) atoms. The lowest BCUT2D eigenvalue weighted by atomic mass is 10.5. The Morgan fingerprint density at radius 3 is 0.950 bits per heavy atom. The molecule has 0 saturated heterocycles. The maximum absolute atomic E-state index is 9.55. The van der Waals surface area contributed by atoms with Gasteiger partial charge < -0.3 is 19.2 Å². The summed E-state index contributed by atoms with van der Waals surface area (Å²) in [5.41, 5.74) is 0. The Kier molecular flexibility index (Phi) is 13.5. The summed E-state index contributed by atoms with van der Waals surface area (Å²) >= 11 is 0. The van der Waals surface area contributed by atoms with E-state index in [-0.39, 0.29) is 0 Å². The van der Waals surface area contributed by atoms with E-state index >= 15 is 0 Å². The fourth-order valence-electron chi connectivity index (χ4n) is 0.143. The van der Waals surface area contributed by atoms with Gasteiger partial charge in [-0.25, -0.2) is 9.59 Å². The minimum atomic E-state index is -1.26. The minimum absolute atomic E-state index is 0.558. The van der Waals surface area contributed by atoms with Crippen LogP contribution >= 0.6 is 0 Å². The van der Waals surface area contributed by atoms with Crippen LogP contribution in [0.1, 0.15) is 13.8 Å². The molecule has 0 aliphatic carbocycles. The zero-order valence-electron chi connectivity index (χ0n) is 14.2. The highest BCUT2D eigenvalue weighted by Crippen LogP contribution is 1.84. The van der Waals surface area contributed by atoms with Crippen LogP contribution in [0.5, 0.6) is 0 Å². The van der Waals surface area contributed by atoms with Gasteiger partial charge in [-0.3, -0.25) is 0 Å². The first-order chi connectivity index (χ1) is 8.75. The number of hydrogen-bond donors (Lipinski definition) is 2. The van der Waals surface area contributed by atoms with E-state index in [0.29, 0.717) is 12.2 Å². The second-order valence-corrected chi connectivity index (χ2v) is 6.22. The van der Waals surface area contributed by atoms with E-state index in [2.05, 4.69) is 56.1 Å². The molecule has 0 unspecified atom stereocenters. The zero-order valence-corrected chi connectivity index (χ0v) is 14.2. The Morgan fingerprint density at radius 2 is 0.900 bits per heavy atom. The van der Waals surface area contributed by atoms with Crippen LogP contribution in [0.4, 0.5) is 0 Å². The fraction of sp³-hybridized carbons (Fsp3) is 0.714. The zero-order chi connectivity index (χ0) is 17.0. The van der Waals surface area contributed by atoms with E-state index in [9.17, 15) is 9.59 Å². The van der Waals surface area contributed by atoms with Crippen molar-refractivity contribution < 1.29 is 28.8 Å². The molecule has 120 valence electrons. The number of rotatable bonds is 4. The molecule has 6 nitrogen and oxygen atoms in total. The van der Waals surface area contributed by atoms with E-state index < -0.39 is 11.9 Å². The van der Waals surface area contributed by atoms with E-state index in [1.54, 1.807) is 0 Å². The van der Waals surface area contributed by atoms with Crippen molar-refractivity contribution >= 4 is 11.9 Å². The molecule has 0 saturated carbocycles. The lowest BCUT2D eigenvalue weighted by Gasteiger charge is -2.20. The molecule has 0 radical (unpaired) electrons. The maximum Gasteiger partial charge on any atom is 0.328 e. The monoisotopic (exact) mass is 292 g/mol. The Balaban J connectivity index is -0.000000221. The van der Waals surface area contributed by atoms with Gasteiger partial charge in [-0.05, 0) is 13.8 Å². The topological polar surface area (TPSA) is 74.6 Å². The number of carboxylic acids is 2. The summed E-state index contributed by atoms with van der Waals surface area (Å²) in [5.74, 6) is -2.51. The predicted octanol–water partition coefficient (Wildman–Crippen LogP) is 1.14. The van der Waals surface area contributed by atoms with Crippen LogP contribution in [-0.2, 0) is 9.59 Å². The molecule has 0 aromatic carbocycles. The van der Waals surface area contributed by atoms with Crippen molar-refractivity contribution in [2.24, 2.45) is 0 Å². The summed E-state index contributed by atoms with van der Waals surface area (Å²) < 4.78 is 2.14. The largest absolute Gasteiger partial charge is 0.478 e. The molecule has 0 atom stereocenters. The van der Waals surface area contributed by atoms with Crippen molar-refractivity contribution in [3.8, 4) is 0 Å². The second-order valence-electron chi connectivity index (χ2n) is 6.22. The number of quaternary nitrogens is 2. The summed E-state index contributed by atoms with van der Waals surface area (Å²) in [7, 11) is 13.1. The highest BCUT2D eigenvalue weighted by Gasteiger charge is 1.98. The van der Waals surface area contributed by atoms with Crippen molar-refractivity contribution in [1.29, 1.82) is 0 Å². The van der Waals surface area contributed by atoms with Gasteiger partial charge >= 0.3 is 11.9 Å². The van der Waals surface area contributed by atoms with Crippen LogP contribution in [0.3, 0.4) is 0 Å². The van der Waals surface area contributed by atoms with Crippen LogP contribution in [0.15, 0.2) is 12.2 Å². The molecular formula is C14H32N2O4+2. The average molecular weight is 292 g/mol. The van der Waals surface area contributed by atoms with Gasteiger partial charge in [0.25, 0.3) is 0 Å². The molecule has 0 amide bonds. The third-order valence-electron chi connectivity index (χ3n) is 2.27. The molecular weight excluding hydrogens is 260 g/mol. The molecule has 0 aromatic rings. The van der Waals surface area contributed by atoms with Gasteiger partial charge in [-0.2, -0.15) is 0 Å². The van der Waals surface area contributed by atoms with Gasteiger partial charge in [0.1, 0.15) is 0 Å². The summed E-state index contributed by atoms with van der Waals surface area (Å²) in [6.45, 7) is 6.78. The third kappa shape index (κ3) is 43.8. The van der Waals surface area contributed by atoms with E-state index in [0.717, 1.165) is 8.97 Å². The van der Waals surface area contributed by atoms with Crippen molar-refractivity contribution in [1.82, 2.24) is 0 Å². The molecule has 0 aliphatic rings. The number of carbonyl (C=O) groups is 2. The summed E-state index contributed by atoms with van der Waals surface area (Å²) in [5, 5.41) is 15.6. The predicted molar refractivity (Wildman–Crippen MR) is 81.6 cm³/mol. The molecule has 0 aliphatic heterocycles. The molecule has 0 spiro atoms. The van der Waals surface area contributed by atoms with Crippen LogP contribution in [0.25, 0.3) is 0 Å². The quantitative estimate of drug-likeness (QED) is 0.602. The summed E-state index contributed by atoms with van der Waals surface area (Å²) in [6.07, 6.45) is 1.12. The highest BCUT2D eigenvalue weighted by atomic mass is 16.4. The van der Waals surface area contributed by atoms with Gasteiger partial charge in [0, 0.05) is 12.2 Å². The average Bonchev–Trinajstić information content (AvgIpc) is 2.26. The van der Waals surface area contributed by atoms with Gasteiger partial charge in [-0.15, -0.1) is 0 Å². The minimum Gasteiger partial charge on any atom is -0.478 e. The van der Waals surface area contributed by atoms with Crippen molar-refractivity contribution in [2.45, 2.75) is 13.8 Å². The number of hydrogen-bond acceptors (Lipinski definition) is 2. The van der Waals surface area contributed by atoms with E-state index in [1.165, 1.54) is 13.1 Å². The number of aliphatic carboxylic acids is 2. The molecule has 6 heteroatoms. The Labute approximate surface area is 123 Å². The van der Waals surface area contributed by atoms with Crippen molar-refractivity contribution in [3.63, 3.8) is 0 Å². The maximum atomic E-state index is 9.55. The van der Waals surface area contributed by atoms with Gasteiger partial charge in [0.2, 0.25) is 0 Å². The van der Waals surface area contributed by atoms with Gasteiger partial charge in [0.15, 0.2) is 0 Å². The first-order valence-electron chi connectivity index (χ1n) is 6.50. The smallest absolute Gasteiger partial charge is 0.328 e. The van der Waals surface area contributed by atoms with E-state index in [1.807, 2.05) is 0 Å². The number of carboxylic acid groups (broad SMARTS) is 2. The molecule has 0 heterocycles. The molecule has 2 N–H and O–H groups in total. The first-order valence-corrected chi connectivity index (χ1v) is 6.50. The Bertz CT molecular complexity index is 269. The molecule has 0 aromatic heterocycles. The van der Waals surface area contributed by atoms with Crippen LogP contribution < -0.4 is 0 Å². The standard InChI is InChI=1S/2C5H14N.C4H4O4/c2*1-5-6(2,3)4;5-3(6)1-2-4(7)8/h2*5H2,1-4H3;1-2H,(H,5,6)(H,7,8)/q2*+1;/b;;2-1+. The summed E-state index contributed by atoms with van der Waals surface area (Å²) in [4.78, 5) is 19.1. The van der Waals surface area contributed by atoms with Crippen LogP contribution in [-0.4, -0.2) is 86.5 Å². The number of nitrogens with zero attached hydrogens (tertiary/aromatic N) is 2. The fourth-order valence-corrected chi connectivity index (χ4v) is 0.143. The molecule has 0 bridgehead atoms. The lowest BCUT2D eigenvalue weighted by Crippen LogP contribution is -2.33. The summed E-state index contributed by atoms with van der Waals surface area (Å²) in [6, 6.07) is 0. The SMILES string of the molecule is CC[N+](C)(C)C.CC[N+](C)(C)C.O=C(O)/C=C/C(=O)O. The third-order valence-corrected chi connectivity index (χ3v) is 2.27. The first kappa shape index (κ1) is 23.7. The van der Waals surface area contributed by atoms with Crippen molar-refractivity contribution in [3.05, 3.63) is 12.2 Å². The van der Waals surface area contributed by atoms with Crippen LogP contribution in [0, 0.1) is 0 Å². The highest BCUT2D eigenvalue weighted by molar-refractivity contribution is 5.89. The van der Waals surface area contributed by atoms with Gasteiger partial charge in [-0.1, -0.05) is 0 Å². The lowest BCUT2D eigenvalue weighted by molar-refractivity contribution is -0.868. The Morgan fingerprint density at radius 1 is 0.750 bits per heavy atom. The second kappa shape index (κ2) is 11.4. The van der Waals surface area contributed by atoms with Crippen molar-refractivity contribution in [2.75, 3.05) is 55.4 Å². The Hall–Kier alpha value is -1.40. The molecule has 0 fully saturated rings. The molecule has 0 rings (SSSR count). The van der Waals surface area contributed by atoms with Crippen LogP contribution in [0.2, 0.25) is 0 Å². The van der Waals surface area contributed by atoms with E-state index in [4.69, 9.17) is 10.2 Å². The van der Waals surface area contributed by atoms with Gasteiger partial charge in [0.05, 0.1) is 55.4 Å².